The monoisotopic (exact) mass is 761 g/mol. The van der Waals surface area contributed by atoms with Gasteiger partial charge in [0.1, 0.15) is 11.5 Å². The van der Waals surface area contributed by atoms with E-state index in [1.165, 1.54) is 30.8 Å². The van der Waals surface area contributed by atoms with Crippen LogP contribution in [-0.2, 0) is 22.7 Å². The van der Waals surface area contributed by atoms with Gasteiger partial charge in [0.05, 0.1) is 40.9 Å². The van der Waals surface area contributed by atoms with Gasteiger partial charge in [0.2, 0.25) is 17.7 Å². The summed E-state index contributed by atoms with van der Waals surface area (Å²) in [5.74, 6) is -0.660. The van der Waals surface area contributed by atoms with Gasteiger partial charge in [0, 0.05) is 92.0 Å². The third-order valence-electron chi connectivity index (χ3n) is 9.05. The maximum absolute atomic E-state index is 15.6. The quantitative estimate of drug-likeness (QED) is 0.110. The molecular formula is C38H38Cl2FN7O5. The lowest BCUT2D eigenvalue weighted by atomic mass is 9.97. The molecule has 0 bridgehead atoms. The minimum atomic E-state index is -0.894. The normalized spacial score (nSPS) is 14.7. The first kappa shape index (κ1) is 37.8. The topological polar surface area (TPSA) is 159 Å². The summed E-state index contributed by atoms with van der Waals surface area (Å²) in [5.41, 5.74) is 4.19. The standard InChI is InChI=1S/C38H38Cl2FN7O5/c1-42-34(51)14-24(49)19-43-16-22-17-45-32-13-21(11-12-48(32)38(22)52)25-5-3-6-26(35(25)39)27-7-4-8-28(36(27)40)31-15-30(41)29(37(47-31)53-2)20-44-18-23-9-10-33(50)46-23/h3-8,11-13,15,17,23-24,43-44,49H,9-10,14,16,18-20H2,1-2H3,(H,42,51)(H,46,50)/t23-,24-/m1/s1. The summed E-state index contributed by atoms with van der Waals surface area (Å²) in [4.78, 5) is 45.3. The van der Waals surface area contributed by atoms with E-state index in [1.807, 2.05) is 24.3 Å². The molecule has 2 atom stereocenters. The number of pyridine rings is 2. The molecule has 15 heteroatoms. The first-order valence-electron chi connectivity index (χ1n) is 17.0. The number of carbonyl (C=O) groups is 2. The van der Waals surface area contributed by atoms with Crippen molar-refractivity contribution in [3.63, 3.8) is 0 Å². The Balaban J connectivity index is 1.23. The molecule has 6 rings (SSSR count). The second kappa shape index (κ2) is 16.8. The largest absolute Gasteiger partial charge is 0.481 e. The number of rotatable bonds is 14. The molecule has 53 heavy (non-hydrogen) atoms. The zero-order valence-corrected chi connectivity index (χ0v) is 30.5. The summed E-state index contributed by atoms with van der Waals surface area (Å²) in [7, 11) is 2.93. The molecule has 2 aromatic carbocycles. The molecule has 0 saturated carbocycles. The smallest absolute Gasteiger partial charge is 0.262 e. The fourth-order valence-corrected chi connectivity index (χ4v) is 6.91. The fraction of sp³-hybridized carbons (Fsp3) is 0.289. The Labute approximate surface area is 314 Å². The van der Waals surface area contributed by atoms with E-state index in [-0.39, 0.29) is 66.6 Å². The number of aliphatic hydroxyl groups excluding tert-OH is 1. The third-order valence-corrected chi connectivity index (χ3v) is 9.87. The number of ether oxygens (including phenoxy) is 1. The molecule has 4 heterocycles. The summed E-state index contributed by atoms with van der Waals surface area (Å²) in [6, 6.07) is 15.7. The lowest BCUT2D eigenvalue weighted by Crippen LogP contribution is -2.35. The van der Waals surface area contributed by atoms with E-state index in [4.69, 9.17) is 27.9 Å². The maximum atomic E-state index is 15.6. The molecule has 2 amide bonds. The number of fused-ring (bicyclic) bond motifs is 1. The predicted molar refractivity (Wildman–Crippen MR) is 201 cm³/mol. The Morgan fingerprint density at radius 1 is 1.06 bits per heavy atom. The molecule has 0 aliphatic carbocycles. The van der Waals surface area contributed by atoms with Crippen LogP contribution in [0, 0.1) is 5.82 Å². The first-order chi connectivity index (χ1) is 25.6. The van der Waals surface area contributed by atoms with Crippen LogP contribution < -0.4 is 31.6 Å². The molecule has 276 valence electrons. The first-order valence-corrected chi connectivity index (χ1v) is 17.7. The Morgan fingerprint density at radius 3 is 2.47 bits per heavy atom. The van der Waals surface area contributed by atoms with Gasteiger partial charge in [-0.05, 0) is 24.1 Å². The van der Waals surface area contributed by atoms with E-state index in [0.717, 1.165) is 6.42 Å². The van der Waals surface area contributed by atoms with Gasteiger partial charge >= 0.3 is 0 Å². The summed E-state index contributed by atoms with van der Waals surface area (Å²) < 4.78 is 22.5. The van der Waals surface area contributed by atoms with Gasteiger partial charge in [-0.1, -0.05) is 59.6 Å². The van der Waals surface area contributed by atoms with Crippen molar-refractivity contribution in [1.29, 1.82) is 0 Å². The number of hydrogen-bond acceptors (Lipinski definition) is 9. The average molecular weight is 763 g/mol. The van der Waals surface area contributed by atoms with Gasteiger partial charge in [-0.25, -0.2) is 14.4 Å². The van der Waals surface area contributed by atoms with Crippen LogP contribution in [-0.4, -0.2) is 70.7 Å². The van der Waals surface area contributed by atoms with Crippen LogP contribution in [0.2, 0.25) is 10.0 Å². The van der Waals surface area contributed by atoms with Crippen LogP contribution >= 0.6 is 23.2 Å². The predicted octanol–water partition coefficient (Wildman–Crippen LogP) is 4.50. The van der Waals surface area contributed by atoms with Crippen molar-refractivity contribution in [2.75, 3.05) is 27.2 Å². The zero-order valence-electron chi connectivity index (χ0n) is 29.0. The van der Waals surface area contributed by atoms with Crippen molar-refractivity contribution in [1.82, 2.24) is 35.6 Å². The van der Waals surface area contributed by atoms with Crippen molar-refractivity contribution >= 4 is 40.7 Å². The summed E-state index contributed by atoms with van der Waals surface area (Å²) in [6.07, 6.45) is 3.37. The molecule has 3 aromatic heterocycles. The van der Waals surface area contributed by atoms with E-state index in [1.54, 1.807) is 30.5 Å². The molecule has 1 saturated heterocycles. The second-order valence-electron chi connectivity index (χ2n) is 12.6. The minimum absolute atomic E-state index is 0.00391. The molecule has 1 aliphatic heterocycles. The Morgan fingerprint density at radius 2 is 1.77 bits per heavy atom. The van der Waals surface area contributed by atoms with Crippen LogP contribution in [0.1, 0.15) is 30.4 Å². The van der Waals surface area contributed by atoms with E-state index >= 15 is 4.39 Å². The van der Waals surface area contributed by atoms with Crippen LogP contribution in [0.15, 0.2) is 71.8 Å². The van der Waals surface area contributed by atoms with Gasteiger partial charge in [-0.2, -0.15) is 0 Å². The van der Waals surface area contributed by atoms with Gasteiger partial charge in [0.25, 0.3) is 5.56 Å². The number of nitrogens with one attached hydrogen (secondary N) is 4. The number of aliphatic hydroxyl groups is 1. The van der Waals surface area contributed by atoms with Gasteiger partial charge in [-0.3, -0.25) is 18.8 Å². The molecule has 5 N–H and O–H groups in total. The average Bonchev–Trinajstić information content (AvgIpc) is 3.57. The SMILES string of the molecule is CNC(=O)C[C@@H](O)CNCc1cnc2cc(-c3cccc(-c4cccc(-c5cc(F)c(CNC[C@H]6CCC(=O)N6)c(OC)n5)c4Cl)c3Cl)ccn2c1=O. The van der Waals surface area contributed by atoms with Gasteiger partial charge < -0.3 is 31.1 Å². The van der Waals surface area contributed by atoms with Gasteiger partial charge in [-0.15, -0.1) is 0 Å². The van der Waals surface area contributed by atoms with E-state index < -0.39 is 11.9 Å². The second-order valence-corrected chi connectivity index (χ2v) is 13.4. The van der Waals surface area contributed by atoms with Crippen molar-refractivity contribution in [2.45, 2.75) is 44.5 Å². The number of amides is 2. The number of hydrogen-bond donors (Lipinski definition) is 5. The number of methoxy groups -OCH3 is 1. The highest BCUT2D eigenvalue weighted by atomic mass is 35.5. The Kier molecular flexibility index (Phi) is 12.0. The number of nitrogens with zero attached hydrogens (tertiary/aromatic N) is 3. The maximum Gasteiger partial charge on any atom is 0.262 e. The molecule has 1 fully saturated rings. The van der Waals surface area contributed by atoms with E-state index in [2.05, 4.69) is 31.2 Å². The van der Waals surface area contributed by atoms with Crippen LogP contribution in [0.4, 0.5) is 4.39 Å². The lowest BCUT2D eigenvalue weighted by molar-refractivity contribution is -0.122. The highest BCUT2D eigenvalue weighted by molar-refractivity contribution is 6.39. The van der Waals surface area contributed by atoms with Crippen LogP contribution in [0.3, 0.4) is 0 Å². The van der Waals surface area contributed by atoms with Crippen molar-refractivity contribution < 1.29 is 23.8 Å². The number of benzene rings is 2. The van der Waals surface area contributed by atoms with Crippen LogP contribution in [0.25, 0.3) is 39.2 Å². The number of carbonyl (C=O) groups excluding carboxylic acids is 2. The van der Waals surface area contributed by atoms with Crippen molar-refractivity contribution in [3.8, 4) is 39.4 Å². The minimum Gasteiger partial charge on any atom is -0.481 e. The summed E-state index contributed by atoms with van der Waals surface area (Å²) in [5, 5.41) is 22.3. The number of aromatic nitrogens is 3. The van der Waals surface area contributed by atoms with Crippen molar-refractivity contribution in [3.05, 3.63) is 104 Å². The summed E-state index contributed by atoms with van der Waals surface area (Å²) >= 11 is 14.1. The molecule has 0 radical (unpaired) electrons. The van der Waals surface area contributed by atoms with Crippen LogP contribution in [0.5, 0.6) is 5.88 Å². The zero-order chi connectivity index (χ0) is 37.6. The highest BCUT2D eigenvalue weighted by Crippen LogP contribution is 2.42. The lowest BCUT2D eigenvalue weighted by Gasteiger charge is -2.16. The third kappa shape index (κ3) is 8.50. The van der Waals surface area contributed by atoms with Crippen molar-refractivity contribution in [2.24, 2.45) is 0 Å². The molecular weight excluding hydrogens is 724 g/mol. The molecule has 1 aliphatic rings. The molecule has 0 unspecified atom stereocenters. The van der Waals surface area contributed by atoms with Gasteiger partial charge in [0.15, 0.2) is 0 Å². The summed E-state index contributed by atoms with van der Waals surface area (Å²) in [6.45, 7) is 0.945. The van der Waals surface area contributed by atoms with E-state index in [0.29, 0.717) is 62.0 Å². The highest BCUT2D eigenvalue weighted by Gasteiger charge is 2.22. The molecule has 0 spiro atoms. The molecule has 5 aromatic rings. The molecule has 12 nitrogen and oxygen atoms in total. The number of halogens is 3. The Hall–Kier alpha value is -4.92. The fourth-order valence-electron chi connectivity index (χ4n) is 6.25. The van der Waals surface area contributed by atoms with E-state index in [9.17, 15) is 19.5 Å². The Bertz CT molecular complexity index is 2230.